The van der Waals surface area contributed by atoms with E-state index < -0.39 is 0 Å². The molecule has 0 saturated carbocycles. The molecule has 3 aromatic rings. The number of aryl methyl sites for hydroxylation is 2. The normalized spacial score (nSPS) is 17.8. The van der Waals surface area contributed by atoms with Crippen LogP contribution < -0.4 is 10.9 Å². The fraction of sp³-hybridized carbons (Fsp3) is 0.435. The van der Waals surface area contributed by atoms with E-state index in [9.17, 15) is 9.59 Å². The second kappa shape index (κ2) is 9.54. The van der Waals surface area contributed by atoms with Crippen LogP contribution in [0.4, 0.5) is 0 Å². The summed E-state index contributed by atoms with van der Waals surface area (Å²) < 4.78 is 0. The topological polar surface area (TPSA) is 78.1 Å². The van der Waals surface area contributed by atoms with Gasteiger partial charge in [0.25, 0.3) is 5.56 Å². The molecule has 0 spiro atoms. The van der Waals surface area contributed by atoms with Crippen molar-refractivity contribution in [2.45, 2.75) is 50.8 Å². The van der Waals surface area contributed by atoms with Crippen LogP contribution in [0.2, 0.25) is 0 Å². The number of likely N-dealkylation sites (tertiary alicyclic amines) is 1. The van der Waals surface area contributed by atoms with Gasteiger partial charge in [-0.1, -0.05) is 30.3 Å². The lowest BCUT2D eigenvalue weighted by Gasteiger charge is -2.18. The number of aromatic amines is 1. The lowest BCUT2D eigenvalue weighted by molar-refractivity contribution is -0.120. The number of carbonyl (C=O) groups is 1. The first-order valence-electron chi connectivity index (χ1n) is 10.6. The summed E-state index contributed by atoms with van der Waals surface area (Å²) in [6, 6.07) is 10.6. The molecule has 3 heterocycles. The van der Waals surface area contributed by atoms with Crippen molar-refractivity contribution in [1.29, 1.82) is 0 Å². The summed E-state index contributed by atoms with van der Waals surface area (Å²) >= 11 is 3.04. The highest BCUT2D eigenvalue weighted by Crippen LogP contribution is 2.26. The van der Waals surface area contributed by atoms with Gasteiger partial charge in [0, 0.05) is 30.6 Å². The summed E-state index contributed by atoms with van der Waals surface area (Å²) in [5, 5.41) is 3.66. The molecule has 8 heteroatoms. The first-order valence-corrected chi connectivity index (χ1v) is 12.4. The molecule has 6 nitrogen and oxygen atoms in total. The SMILES string of the molecule is Cc1sc2nc(CS[C@@H](C)C(=O)N[C@@H]3CCN(Cc4ccccc4)C3)[nH]c(=O)c2c1C. The molecule has 1 saturated heterocycles. The first kappa shape index (κ1) is 22.0. The maximum atomic E-state index is 12.7. The Balaban J connectivity index is 1.28. The molecule has 31 heavy (non-hydrogen) atoms. The highest BCUT2D eigenvalue weighted by molar-refractivity contribution is 7.99. The molecule has 1 aliphatic rings. The monoisotopic (exact) mass is 456 g/mol. The summed E-state index contributed by atoms with van der Waals surface area (Å²) in [6.45, 7) is 8.65. The van der Waals surface area contributed by atoms with Gasteiger partial charge < -0.3 is 10.3 Å². The Kier molecular flexibility index (Phi) is 6.79. The van der Waals surface area contributed by atoms with Gasteiger partial charge in [-0.25, -0.2) is 4.98 Å². The molecule has 1 aliphatic heterocycles. The van der Waals surface area contributed by atoms with Crippen molar-refractivity contribution in [2.24, 2.45) is 0 Å². The van der Waals surface area contributed by atoms with Gasteiger partial charge in [0.15, 0.2) is 0 Å². The largest absolute Gasteiger partial charge is 0.351 e. The number of H-pyrrole nitrogens is 1. The number of hydrogen-bond acceptors (Lipinski definition) is 6. The van der Waals surface area contributed by atoms with Crippen LogP contribution >= 0.6 is 23.1 Å². The number of amides is 1. The van der Waals surface area contributed by atoms with Crippen molar-refractivity contribution in [3.05, 3.63) is 62.5 Å². The van der Waals surface area contributed by atoms with Crippen LogP contribution in [0.5, 0.6) is 0 Å². The number of thioether (sulfide) groups is 1. The van der Waals surface area contributed by atoms with Crippen molar-refractivity contribution in [1.82, 2.24) is 20.2 Å². The van der Waals surface area contributed by atoms with Gasteiger partial charge in [-0.05, 0) is 38.3 Å². The Labute approximate surface area is 190 Å². The van der Waals surface area contributed by atoms with E-state index in [-0.39, 0.29) is 22.8 Å². The average Bonchev–Trinajstić information content (AvgIpc) is 3.30. The van der Waals surface area contributed by atoms with E-state index in [1.165, 1.54) is 17.3 Å². The Morgan fingerprint density at radius 2 is 2.13 bits per heavy atom. The molecule has 1 fully saturated rings. The van der Waals surface area contributed by atoms with Gasteiger partial charge in [-0.15, -0.1) is 23.1 Å². The van der Waals surface area contributed by atoms with Crippen LogP contribution in [-0.4, -0.2) is 45.2 Å². The summed E-state index contributed by atoms with van der Waals surface area (Å²) in [5.74, 6) is 1.17. The average molecular weight is 457 g/mol. The zero-order chi connectivity index (χ0) is 22.0. The Bertz CT molecular complexity index is 1130. The van der Waals surface area contributed by atoms with E-state index in [0.29, 0.717) is 17.0 Å². The van der Waals surface area contributed by atoms with Gasteiger partial charge in [-0.2, -0.15) is 0 Å². The summed E-state index contributed by atoms with van der Waals surface area (Å²) in [6.07, 6.45) is 0.971. The minimum absolute atomic E-state index is 0.0443. The number of benzene rings is 1. The molecule has 0 unspecified atom stereocenters. The van der Waals surface area contributed by atoms with Gasteiger partial charge >= 0.3 is 0 Å². The van der Waals surface area contributed by atoms with Crippen LogP contribution in [0.25, 0.3) is 10.2 Å². The third-order valence-corrected chi connectivity index (χ3v) is 8.05. The second-order valence-corrected chi connectivity index (χ2v) is 10.7. The molecule has 0 aliphatic carbocycles. The predicted molar refractivity (Wildman–Crippen MR) is 129 cm³/mol. The number of rotatable bonds is 7. The predicted octanol–water partition coefficient (Wildman–Crippen LogP) is 3.61. The molecule has 1 amide bonds. The van der Waals surface area contributed by atoms with Crippen molar-refractivity contribution in [2.75, 3.05) is 13.1 Å². The first-order chi connectivity index (χ1) is 14.9. The fourth-order valence-corrected chi connectivity index (χ4v) is 5.71. The zero-order valence-electron chi connectivity index (χ0n) is 18.1. The minimum atomic E-state index is -0.212. The van der Waals surface area contributed by atoms with E-state index in [2.05, 4.69) is 44.5 Å². The smallest absolute Gasteiger partial charge is 0.259 e. The van der Waals surface area contributed by atoms with E-state index in [0.717, 1.165) is 41.3 Å². The number of nitrogens with one attached hydrogen (secondary N) is 2. The standard InChI is InChI=1S/C23H28N4O2S2/c1-14-15(2)31-23-20(14)22(29)25-19(26-23)13-30-16(3)21(28)24-18-9-10-27(12-18)11-17-7-5-4-6-8-17/h4-8,16,18H,9-13H2,1-3H3,(H,24,28)(H,25,26,29)/t16-,18+/m0/s1. The number of carbonyl (C=O) groups excluding carboxylic acids is 1. The minimum Gasteiger partial charge on any atom is -0.351 e. The van der Waals surface area contributed by atoms with Crippen LogP contribution in [0.1, 0.15) is 35.2 Å². The number of fused-ring (bicyclic) bond motifs is 1. The van der Waals surface area contributed by atoms with E-state index in [4.69, 9.17) is 0 Å². The van der Waals surface area contributed by atoms with Crippen LogP contribution in [0.3, 0.4) is 0 Å². The lowest BCUT2D eigenvalue weighted by Crippen LogP contribution is -2.40. The maximum Gasteiger partial charge on any atom is 0.259 e. The lowest BCUT2D eigenvalue weighted by atomic mass is 10.2. The summed E-state index contributed by atoms with van der Waals surface area (Å²) in [7, 11) is 0. The van der Waals surface area contributed by atoms with E-state index in [1.54, 1.807) is 11.3 Å². The van der Waals surface area contributed by atoms with Gasteiger partial charge in [0.1, 0.15) is 10.7 Å². The third-order valence-electron chi connectivity index (χ3n) is 5.80. The van der Waals surface area contributed by atoms with Gasteiger partial charge in [0.05, 0.1) is 16.4 Å². The highest BCUT2D eigenvalue weighted by atomic mass is 32.2. The molecule has 0 bridgehead atoms. The molecule has 2 aromatic heterocycles. The number of hydrogen-bond donors (Lipinski definition) is 2. The molecule has 2 N–H and O–H groups in total. The molecule has 1 aromatic carbocycles. The molecule has 2 atom stereocenters. The van der Waals surface area contributed by atoms with Crippen molar-refractivity contribution >= 4 is 39.2 Å². The van der Waals surface area contributed by atoms with Crippen LogP contribution in [0.15, 0.2) is 35.1 Å². The number of nitrogens with zero attached hydrogens (tertiary/aromatic N) is 2. The van der Waals surface area contributed by atoms with Crippen molar-refractivity contribution < 1.29 is 4.79 Å². The third kappa shape index (κ3) is 5.19. The van der Waals surface area contributed by atoms with Crippen molar-refractivity contribution in [3.8, 4) is 0 Å². The second-order valence-electron chi connectivity index (χ2n) is 8.14. The summed E-state index contributed by atoms with van der Waals surface area (Å²) in [5.41, 5.74) is 2.20. The quantitative estimate of drug-likeness (QED) is 0.568. The highest BCUT2D eigenvalue weighted by Gasteiger charge is 2.25. The van der Waals surface area contributed by atoms with E-state index >= 15 is 0 Å². The molecular weight excluding hydrogens is 428 g/mol. The van der Waals surface area contributed by atoms with Gasteiger partial charge in [0.2, 0.25) is 5.91 Å². The Hall–Kier alpha value is -2.16. The number of thiophene rings is 1. The van der Waals surface area contributed by atoms with Crippen LogP contribution in [0, 0.1) is 13.8 Å². The zero-order valence-corrected chi connectivity index (χ0v) is 19.7. The van der Waals surface area contributed by atoms with Crippen molar-refractivity contribution in [3.63, 3.8) is 0 Å². The fourth-order valence-electron chi connectivity index (χ4n) is 3.90. The van der Waals surface area contributed by atoms with E-state index in [1.807, 2.05) is 26.8 Å². The summed E-state index contributed by atoms with van der Waals surface area (Å²) in [4.78, 5) is 36.9. The number of aromatic nitrogens is 2. The van der Waals surface area contributed by atoms with Crippen LogP contribution in [-0.2, 0) is 17.1 Å². The maximum absolute atomic E-state index is 12.7. The molecule has 164 valence electrons. The Morgan fingerprint density at radius 1 is 1.35 bits per heavy atom. The van der Waals surface area contributed by atoms with Gasteiger partial charge in [-0.3, -0.25) is 14.5 Å². The molecule has 4 rings (SSSR count). The molecule has 0 radical (unpaired) electrons. The Morgan fingerprint density at radius 3 is 2.90 bits per heavy atom. The molecular formula is C23H28N4O2S2.